The van der Waals surface area contributed by atoms with Crippen molar-refractivity contribution in [3.05, 3.63) is 18.2 Å². The molecule has 0 fully saturated rings. The van der Waals surface area contributed by atoms with Gasteiger partial charge in [-0.25, -0.2) is 13.4 Å². The maximum Gasteiger partial charge on any atom is 0.151 e. The minimum Gasteiger partial charge on any atom is -0.338 e. The first-order valence-corrected chi connectivity index (χ1v) is 7.74. The van der Waals surface area contributed by atoms with Gasteiger partial charge in [0.2, 0.25) is 0 Å². The molecule has 0 bridgehead atoms. The van der Waals surface area contributed by atoms with E-state index in [1.807, 2.05) is 24.7 Å². The predicted octanol–water partition coefficient (Wildman–Crippen LogP) is 0.377. The summed E-state index contributed by atoms with van der Waals surface area (Å²) in [5.41, 5.74) is 0. The van der Waals surface area contributed by atoms with E-state index in [0.717, 1.165) is 18.8 Å². The van der Waals surface area contributed by atoms with Crippen LogP contribution in [0.1, 0.15) is 19.2 Å². The molecule has 0 amide bonds. The fraction of sp³-hybridized carbons (Fsp3) is 0.727. The summed E-state index contributed by atoms with van der Waals surface area (Å²) < 4.78 is 24.8. The molecule has 1 N–H and O–H groups in total. The van der Waals surface area contributed by atoms with Crippen LogP contribution in [0.2, 0.25) is 0 Å². The zero-order chi connectivity index (χ0) is 12.7. The third-order valence-corrected chi connectivity index (χ3v) is 4.41. The van der Waals surface area contributed by atoms with Crippen molar-refractivity contribution in [2.24, 2.45) is 7.05 Å². The second-order valence-electron chi connectivity index (χ2n) is 4.11. The number of sulfone groups is 1. The number of hydrogen-bond acceptors (Lipinski definition) is 4. The molecule has 0 aromatic carbocycles. The van der Waals surface area contributed by atoms with Crippen LogP contribution in [0.3, 0.4) is 0 Å². The molecule has 17 heavy (non-hydrogen) atoms. The summed E-state index contributed by atoms with van der Waals surface area (Å²) in [6, 6.07) is 0. The van der Waals surface area contributed by atoms with Gasteiger partial charge < -0.3 is 9.88 Å². The molecule has 0 aliphatic carbocycles. The topological polar surface area (TPSA) is 64.0 Å². The Balaban J connectivity index is 2.15. The number of nitrogens with one attached hydrogen (secondary N) is 1. The summed E-state index contributed by atoms with van der Waals surface area (Å²) in [5.74, 6) is 1.52. The SMILES string of the molecule is CCCS(=O)(=O)CCNCCc1nccn1C. The second-order valence-corrected chi connectivity index (χ2v) is 6.41. The van der Waals surface area contributed by atoms with Crippen molar-refractivity contribution >= 4 is 9.84 Å². The Kier molecular flexibility index (Phi) is 5.64. The second kappa shape index (κ2) is 6.76. The van der Waals surface area contributed by atoms with Crippen LogP contribution in [0, 0.1) is 0 Å². The fourth-order valence-electron chi connectivity index (χ4n) is 1.60. The van der Waals surface area contributed by atoms with Crippen LogP contribution in [0.15, 0.2) is 12.4 Å². The third kappa shape index (κ3) is 5.32. The van der Waals surface area contributed by atoms with Gasteiger partial charge in [0.1, 0.15) is 5.82 Å². The number of hydrogen-bond donors (Lipinski definition) is 1. The Labute approximate surface area is 103 Å². The maximum atomic E-state index is 11.4. The largest absolute Gasteiger partial charge is 0.338 e. The van der Waals surface area contributed by atoms with Crippen molar-refractivity contribution in [2.45, 2.75) is 19.8 Å². The van der Waals surface area contributed by atoms with Crippen molar-refractivity contribution < 1.29 is 8.42 Å². The first kappa shape index (κ1) is 14.2. The molecule has 0 radical (unpaired) electrons. The van der Waals surface area contributed by atoms with Gasteiger partial charge in [0.05, 0.1) is 5.75 Å². The molecule has 1 aromatic heterocycles. The maximum absolute atomic E-state index is 11.4. The van der Waals surface area contributed by atoms with Crippen LogP contribution >= 0.6 is 0 Å². The molecule has 0 spiro atoms. The Morgan fingerprint density at radius 2 is 2.12 bits per heavy atom. The number of nitrogens with zero attached hydrogens (tertiary/aromatic N) is 2. The van der Waals surface area contributed by atoms with Crippen molar-refractivity contribution in [3.63, 3.8) is 0 Å². The molecule has 0 saturated heterocycles. The van der Waals surface area contributed by atoms with Crippen LogP contribution in [-0.2, 0) is 23.3 Å². The monoisotopic (exact) mass is 259 g/mol. The molecule has 1 aromatic rings. The molecule has 0 aliphatic heterocycles. The molecular formula is C11H21N3O2S. The highest BCUT2D eigenvalue weighted by atomic mass is 32.2. The van der Waals surface area contributed by atoms with Crippen LogP contribution in [0.5, 0.6) is 0 Å². The van der Waals surface area contributed by atoms with Gasteiger partial charge in [0.15, 0.2) is 9.84 Å². The minimum absolute atomic E-state index is 0.224. The molecule has 6 heteroatoms. The van der Waals surface area contributed by atoms with Crippen LogP contribution in [-0.4, -0.2) is 42.6 Å². The van der Waals surface area contributed by atoms with Crippen LogP contribution in [0.4, 0.5) is 0 Å². The zero-order valence-electron chi connectivity index (χ0n) is 10.5. The lowest BCUT2D eigenvalue weighted by atomic mass is 10.4. The molecule has 0 atom stereocenters. The smallest absolute Gasteiger partial charge is 0.151 e. The summed E-state index contributed by atoms with van der Waals surface area (Å²) in [5, 5.41) is 3.13. The van der Waals surface area contributed by atoms with E-state index in [1.54, 1.807) is 6.20 Å². The third-order valence-electron chi connectivity index (χ3n) is 2.55. The highest BCUT2D eigenvalue weighted by Gasteiger charge is 2.08. The first-order valence-electron chi connectivity index (χ1n) is 5.92. The summed E-state index contributed by atoms with van der Waals surface area (Å²) >= 11 is 0. The lowest BCUT2D eigenvalue weighted by Crippen LogP contribution is -2.26. The van der Waals surface area contributed by atoms with Gasteiger partial charge in [-0.05, 0) is 6.42 Å². The quantitative estimate of drug-likeness (QED) is 0.685. The number of aryl methyl sites for hydroxylation is 1. The molecular weight excluding hydrogens is 238 g/mol. The average Bonchev–Trinajstić information content (AvgIpc) is 2.63. The van der Waals surface area contributed by atoms with E-state index in [4.69, 9.17) is 0 Å². The van der Waals surface area contributed by atoms with E-state index < -0.39 is 9.84 Å². The van der Waals surface area contributed by atoms with Gasteiger partial charge in [-0.15, -0.1) is 0 Å². The van der Waals surface area contributed by atoms with Gasteiger partial charge in [0.25, 0.3) is 0 Å². The van der Waals surface area contributed by atoms with E-state index in [9.17, 15) is 8.42 Å². The van der Waals surface area contributed by atoms with Crippen molar-refractivity contribution in [1.82, 2.24) is 14.9 Å². The van der Waals surface area contributed by atoms with Crippen LogP contribution < -0.4 is 5.32 Å². The minimum atomic E-state index is -2.86. The van der Waals surface area contributed by atoms with Crippen LogP contribution in [0.25, 0.3) is 0 Å². The zero-order valence-corrected chi connectivity index (χ0v) is 11.3. The van der Waals surface area contributed by atoms with Gasteiger partial charge in [-0.3, -0.25) is 0 Å². The summed E-state index contributed by atoms with van der Waals surface area (Å²) in [7, 11) is -0.905. The Morgan fingerprint density at radius 3 is 2.71 bits per heavy atom. The molecule has 0 unspecified atom stereocenters. The molecule has 1 heterocycles. The summed E-state index contributed by atoms with van der Waals surface area (Å²) in [6.45, 7) is 3.16. The highest BCUT2D eigenvalue weighted by Crippen LogP contribution is 1.95. The van der Waals surface area contributed by atoms with E-state index >= 15 is 0 Å². The molecule has 0 aliphatic rings. The average molecular weight is 259 g/mol. The lowest BCUT2D eigenvalue weighted by molar-refractivity contribution is 0.588. The fourth-order valence-corrected chi connectivity index (χ4v) is 2.88. The van der Waals surface area contributed by atoms with Gasteiger partial charge in [-0.2, -0.15) is 0 Å². The normalized spacial score (nSPS) is 11.9. The molecule has 0 saturated carbocycles. The molecule has 1 rings (SSSR count). The van der Waals surface area contributed by atoms with E-state index in [2.05, 4.69) is 10.3 Å². The highest BCUT2D eigenvalue weighted by molar-refractivity contribution is 7.91. The Morgan fingerprint density at radius 1 is 1.35 bits per heavy atom. The van der Waals surface area contributed by atoms with E-state index in [1.165, 1.54) is 0 Å². The summed E-state index contributed by atoms with van der Waals surface area (Å²) in [4.78, 5) is 4.20. The van der Waals surface area contributed by atoms with Crippen molar-refractivity contribution in [1.29, 1.82) is 0 Å². The van der Waals surface area contributed by atoms with Gasteiger partial charge in [0, 0.05) is 44.7 Å². The first-order chi connectivity index (χ1) is 8.05. The van der Waals surface area contributed by atoms with E-state index in [0.29, 0.717) is 13.0 Å². The van der Waals surface area contributed by atoms with Gasteiger partial charge in [-0.1, -0.05) is 6.92 Å². The number of aromatic nitrogens is 2. The van der Waals surface area contributed by atoms with Crippen molar-refractivity contribution in [3.8, 4) is 0 Å². The molecule has 98 valence electrons. The van der Waals surface area contributed by atoms with E-state index in [-0.39, 0.29) is 11.5 Å². The Bertz CT molecular complexity index is 426. The predicted molar refractivity (Wildman–Crippen MR) is 68.7 cm³/mol. The standard InChI is InChI=1S/C11H21N3O2S/c1-3-9-17(15,16)10-7-12-5-4-11-13-6-8-14(11)2/h6,8,12H,3-5,7,9-10H2,1-2H3. The Hall–Kier alpha value is -0.880. The number of rotatable bonds is 8. The van der Waals surface area contributed by atoms with Crippen molar-refractivity contribution in [2.75, 3.05) is 24.6 Å². The number of imidazole rings is 1. The summed E-state index contributed by atoms with van der Waals surface area (Å²) in [6.07, 6.45) is 5.18. The lowest BCUT2D eigenvalue weighted by Gasteiger charge is -2.05. The molecule has 5 nitrogen and oxygen atoms in total. The van der Waals surface area contributed by atoms with Gasteiger partial charge >= 0.3 is 0 Å².